The molecule has 4 heteroatoms. The molecule has 1 aromatic rings. The minimum Gasteiger partial charge on any atom is -0.493 e. The fourth-order valence-electron chi connectivity index (χ4n) is 2.72. The van der Waals surface area contributed by atoms with Gasteiger partial charge < -0.3 is 14.7 Å². The van der Waals surface area contributed by atoms with Gasteiger partial charge in [0, 0.05) is 19.3 Å². The molecule has 0 unspecified atom stereocenters. The highest BCUT2D eigenvalue weighted by Gasteiger charge is 2.50. The monoisotopic (exact) mass is 261 g/mol. The summed E-state index contributed by atoms with van der Waals surface area (Å²) in [6.07, 6.45) is 3.68. The second-order valence-electron chi connectivity index (χ2n) is 5.69. The maximum Gasteiger partial charge on any atom is 0.311 e. The molecule has 2 aliphatic rings. The van der Waals surface area contributed by atoms with Crippen LogP contribution in [-0.4, -0.2) is 31.3 Å². The van der Waals surface area contributed by atoms with Crippen LogP contribution in [0.3, 0.4) is 0 Å². The minimum absolute atomic E-state index is 0.513. The van der Waals surface area contributed by atoms with Crippen LogP contribution in [0.2, 0.25) is 0 Å². The lowest BCUT2D eigenvalue weighted by Crippen LogP contribution is -2.31. The van der Waals surface area contributed by atoms with Crippen molar-refractivity contribution < 1.29 is 14.6 Å². The molecule has 0 aromatic heterocycles. The molecular formula is C15H19NO3. The van der Waals surface area contributed by atoms with Crippen LogP contribution in [0, 0.1) is 5.41 Å². The van der Waals surface area contributed by atoms with Gasteiger partial charge >= 0.3 is 5.97 Å². The molecule has 1 aliphatic heterocycles. The van der Waals surface area contributed by atoms with Crippen LogP contribution in [0.4, 0.5) is 5.69 Å². The van der Waals surface area contributed by atoms with Gasteiger partial charge in [-0.05, 0) is 49.4 Å². The molecule has 1 aromatic carbocycles. The summed E-state index contributed by atoms with van der Waals surface area (Å²) in [4.78, 5) is 13.3. The van der Waals surface area contributed by atoms with Gasteiger partial charge in [0.15, 0.2) is 0 Å². The largest absolute Gasteiger partial charge is 0.493 e. The van der Waals surface area contributed by atoms with Gasteiger partial charge in [0.2, 0.25) is 0 Å². The van der Waals surface area contributed by atoms with E-state index in [-0.39, 0.29) is 0 Å². The van der Waals surface area contributed by atoms with Crippen molar-refractivity contribution in [2.45, 2.75) is 25.7 Å². The number of ether oxygens (including phenoxy) is 1. The Bertz CT molecular complexity index is 508. The van der Waals surface area contributed by atoms with Crippen LogP contribution in [0.5, 0.6) is 5.75 Å². The van der Waals surface area contributed by atoms with Gasteiger partial charge in [-0.3, -0.25) is 4.79 Å². The number of benzene rings is 1. The van der Waals surface area contributed by atoms with Gasteiger partial charge in [-0.15, -0.1) is 0 Å². The molecule has 4 nitrogen and oxygen atoms in total. The Hall–Kier alpha value is -1.71. The quantitative estimate of drug-likeness (QED) is 0.903. The van der Waals surface area contributed by atoms with Crippen LogP contribution < -0.4 is 9.64 Å². The lowest BCUT2D eigenvalue weighted by atomic mass is 10.0. The van der Waals surface area contributed by atoms with E-state index in [1.54, 1.807) is 0 Å². The second-order valence-corrected chi connectivity index (χ2v) is 5.69. The van der Waals surface area contributed by atoms with Gasteiger partial charge in [0.05, 0.1) is 12.0 Å². The van der Waals surface area contributed by atoms with Crippen molar-refractivity contribution in [1.82, 2.24) is 0 Å². The third-order valence-electron chi connectivity index (χ3n) is 4.18. The van der Waals surface area contributed by atoms with Crippen LogP contribution in [0.1, 0.15) is 24.8 Å². The molecule has 0 spiro atoms. The van der Waals surface area contributed by atoms with E-state index in [9.17, 15) is 9.90 Å². The van der Waals surface area contributed by atoms with E-state index in [4.69, 9.17) is 4.74 Å². The zero-order valence-electron chi connectivity index (χ0n) is 11.2. The first-order valence-corrected chi connectivity index (χ1v) is 6.81. The molecule has 0 atom stereocenters. The summed E-state index contributed by atoms with van der Waals surface area (Å²) in [7, 11) is 1.97. The first-order chi connectivity index (χ1) is 9.11. The number of anilines is 1. The van der Waals surface area contributed by atoms with Crippen molar-refractivity contribution in [3.8, 4) is 5.75 Å². The van der Waals surface area contributed by atoms with Crippen molar-refractivity contribution in [3.63, 3.8) is 0 Å². The van der Waals surface area contributed by atoms with E-state index in [0.717, 1.165) is 43.7 Å². The van der Waals surface area contributed by atoms with Crippen LogP contribution in [-0.2, 0) is 11.2 Å². The molecule has 1 fully saturated rings. The number of aliphatic carboxylic acids is 1. The number of carboxylic acids is 1. The zero-order valence-corrected chi connectivity index (χ0v) is 11.2. The van der Waals surface area contributed by atoms with Crippen LogP contribution >= 0.6 is 0 Å². The molecule has 0 amide bonds. The van der Waals surface area contributed by atoms with E-state index in [0.29, 0.717) is 6.54 Å². The lowest BCUT2D eigenvalue weighted by molar-refractivity contribution is -0.142. The molecule has 19 heavy (non-hydrogen) atoms. The number of aryl methyl sites for hydroxylation is 1. The van der Waals surface area contributed by atoms with Crippen molar-refractivity contribution >= 4 is 11.7 Å². The summed E-state index contributed by atoms with van der Waals surface area (Å²) >= 11 is 0. The topological polar surface area (TPSA) is 49.8 Å². The molecule has 1 saturated carbocycles. The van der Waals surface area contributed by atoms with Crippen LogP contribution in [0.25, 0.3) is 0 Å². The number of hydrogen-bond acceptors (Lipinski definition) is 3. The molecule has 1 aliphatic carbocycles. The molecule has 0 radical (unpaired) electrons. The maximum absolute atomic E-state index is 11.2. The number of nitrogens with zero attached hydrogens (tertiary/aromatic N) is 1. The fourth-order valence-corrected chi connectivity index (χ4v) is 2.72. The van der Waals surface area contributed by atoms with Crippen LogP contribution in [0.15, 0.2) is 18.2 Å². The van der Waals surface area contributed by atoms with Crippen molar-refractivity contribution in [2.24, 2.45) is 5.41 Å². The van der Waals surface area contributed by atoms with E-state index < -0.39 is 11.4 Å². The number of rotatable bonds is 4. The van der Waals surface area contributed by atoms with Crippen molar-refractivity contribution in [3.05, 3.63) is 23.8 Å². The summed E-state index contributed by atoms with van der Waals surface area (Å²) in [6, 6.07) is 6.15. The highest BCUT2D eigenvalue weighted by Crippen LogP contribution is 2.47. The van der Waals surface area contributed by atoms with Gasteiger partial charge in [-0.2, -0.15) is 0 Å². The average Bonchev–Trinajstić information content (AvgIpc) is 3.19. The van der Waals surface area contributed by atoms with Gasteiger partial charge in [-0.25, -0.2) is 0 Å². The Morgan fingerprint density at radius 3 is 2.95 bits per heavy atom. The van der Waals surface area contributed by atoms with Crippen molar-refractivity contribution in [2.75, 3.05) is 25.1 Å². The standard InChI is InChI=1S/C15H19NO3/c1-16(10-15(6-7-15)14(17)18)12-4-5-13-11(9-12)3-2-8-19-13/h4-5,9H,2-3,6-8,10H2,1H3,(H,17,18). The van der Waals surface area contributed by atoms with Gasteiger partial charge in [-0.1, -0.05) is 0 Å². The third-order valence-corrected chi connectivity index (χ3v) is 4.18. The summed E-state index contributed by atoms with van der Waals surface area (Å²) in [6.45, 7) is 1.38. The van der Waals surface area contributed by atoms with Crippen molar-refractivity contribution in [1.29, 1.82) is 0 Å². The Balaban J connectivity index is 1.77. The lowest BCUT2D eigenvalue weighted by Gasteiger charge is -2.25. The van der Waals surface area contributed by atoms with E-state index in [1.165, 1.54) is 5.56 Å². The number of fused-ring (bicyclic) bond motifs is 1. The normalized spacial score (nSPS) is 19.2. The Morgan fingerprint density at radius 2 is 2.26 bits per heavy atom. The highest BCUT2D eigenvalue weighted by atomic mass is 16.5. The zero-order chi connectivity index (χ0) is 13.5. The number of hydrogen-bond donors (Lipinski definition) is 1. The summed E-state index contributed by atoms with van der Waals surface area (Å²) in [5.74, 6) is 0.309. The smallest absolute Gasteiger partial charge is 0.311 e. The summed E-state index contributed by atoms with van der Waals surface area (Å²) in [5, 5.41) is 9.24. The predicted octanol–water partition coefficient (Wildman–Crippen LogP) is 2.31. The highest BCUT2D eigenvalue weighted by molar-refractivity contribution is 5.78. The molecule has 102 valence electrons. The Morgan fingerprint density at radius 1 is 1.47 bits per heavy atom. The third kappa shape index (κ3) is 2.27. The number of carboxylic acid groups (broad SMARTS) is 1. The van der Waals surface area contributed by atoms with E-state index in [1.807, 2.05) is 19.2 Å². The molecule has 1 heterocycles. The second kappa shape index (κ2) is 4.44. The first kappa shape index (κ1) is 12.3. The summed E-state index contributed by atoms with van der Waals surface area (Å²) < 4.78 is 5.60. The SMILES string of the molecule is CN(CC1(C(=O)O)CC1)c1ccc2c(c1)CCCO2. The van der Waals surface area contributed by atoms with E-state index in [2.05, 4.69) is 11.0 Å². The summed E-state index contributed by atoms with van der Waals surface area (Å²) in [5.41, 5.74) is 1.80. The predicted molar refractivity (Wildman–Crippen MR) is 72.8 cm³/mol. The molecule has 0 saturated heterocycles. The first-order valence-electron chi connectivity index (χ1n) is 6.81. The van der Waals surface area contributed by atoms with E-state index >= 15 is 0 Å². The van der Waals surface area contributed by atoms with Gasteiger partial charge in [0.25, 0.3) is 0 Å². The van der Waals surface area contributed by atoms with Gasteiger partial charge in [0.1, 0.15) is 5.75 Å². The fraction of sp³-hybridized carbons (Fsp3) is 0.533. The maximum atomic E-state index is 11.2. The molecule has 1 N–H and O–H groups in total. The minimum atomic E-state index is -0.666. The number of carbonyl (C=O) groups is 1. The molecule has 3 rings (SSSR count). The molecular weight excluding hydrogens is 242 g/mol. The Kier molecular flexibility index (Phi) is 2.88. The molecule has 0 bridgehead atoms. The average molecular weight is 261 g/mol. The Labute approximate surface area is 113 Å².